The highest BCUT2D eigenvalue weighted by Crippen LogP contribution is 2.29. The predicted octanol–water partition coefficient (Wildman–Crippen LogP) is 3.28. The molecule has 2 aromatic carbocycles. The summed E-state index contributed by atoms with van der Waals surface area (Å²) in [7, 11) is 0. The molecule has 0 saturated carbocycles. The largest absolute Gasteiger partial charge is 0.398 e. The minimum Gasteiger partial charge on any atom is -0.398 e. The zero-order chi connectivity index (χ0) is 14.7. The van der Waals surface area contributed by atoms with E-state index >= 15 is 0 Å². The average molecular weight is 286 g/mol. The fourth-order valence-electron chi connectivity index (χ4n) is 1.90. The third-order valence-electron chi connectivity index (χ3n) is 3.16. The molecule has 0 aromatic heterocycles. The monoisotopic (exact) mass is 286 g/mol. The van der Waals surface area contributed by atoms with E-state index in [0.29, 0.717) is 11.3 Å². The van der Waals surface area contributed by atoms with Gasteiger partial charge >= 0.3 is 0 Å². The van der Waals surface area contributed by atoms with Crippen molar-refractivity contribution in [1.82, 2.24) is 0 Å². The van der Waals surface area contributed by atoms with Gasteiger partial charge in [-0.2, -0.15) is 0 Å². The van der Waals surface area contributed by atoms with Gasteiger partial charge < -0.3 is 11.5 Å². The summed E-state index contributed by atoms with van der Waals surface area (Å²) in [6.45, 7) is 4.18. The maximum atomic E-state index is 11.1. The van der Waals surface area contributed by atoms with Crippen LogP contribution in [0.15, 0.2) is 41.3 Å². The first-order chi connectivity index (χ1) is 9.47. The molecular formula is C16H18N2OS. The van der Waals surface area contributed by atoms with Gasteiger partial charge in [-0.3, -0.25) is 4.79 Å². The van der Waals surface area contributed by atoms with Crippen molar-refractivity contribution in [2.45, 2.75) is 24.5 Å². The molecule has 0 fully saturated rings. The number of hydrogen-bond donors (Lipinski definition) is 2. The topological polar surface area (TPSA) is 69.1 Å². The third kappa shape index (κ3) is 3.33. The van der Waals surface area contributed by atoms with E-state index < -0.39 is 5.91 Å². The van der Waals surface area contributed by atoms with Gasteiger partial charge in [-0.15, -0.1) is 11.8 Å². The lowest BCUT2D eigenvalue weighted by atomic mass is 10.1. The number of aryl methyl sites for hydroxylation is 2. The summed E-state index contributed by atoms with van der Waals surface area (Å²) in [5.41, 5.74) is 15.8. The normalized spacial score (nSPS) is 10.5. The van der Waals surface area contributed by atoms with E-state index in [1.54, 1.807) is 23.9 Å². The molecule has 0 aliphatic carbocycles. The Hall–Kier alpha value is -1.94. The maximum absolute atomic E-state index is 11.1. The van der Waals surface area contributed by atoms with Crippen molar-refractivity contribution in [2.75, 3.05) is 5.73 Å². The van der Waals surface area contributed by atoms with Crippen LogP contribution in [0.3, 0.4) is 0 Å². The van der Waals surface area contributed by atoms with Crippen LogP contribution in [0.25, 0.3) is 0 Å². The van der Waals surface area contributed by atoms with Gasteiger partial charge in [-0.1, -0.05) is 23.8 Å². The van der Waals surface area contributed by atoms with Crippen molar-refractivity contribution in [3.05, 3.63) is 58.7 Å². The van der Waals surface area contributed by atoms with Crippen molar-refractivity contribution in [1.29, 1.82) is 0 Å². The first-order valence-corrected chi connectivity index (χ1v) is 7.34. The molecule has 0 aliphatic rings. The van der Waals surface area contributed by atoms with Crippen LogP contribution in [0.1, 0.15) is 27.0 Å². The Kier molecular flexibility index (Phi) is 4.35. The molecule has 4 heteroatoms. The summed E-state index contributed by atoms with van der Waals surface area (Å²) < 4.78 is 0. The summed E-state index contributed by atoms with van der Waals surface area (Å²) in [5.74, 6) is 0.320. The van der Waals surface area contributed by atoms with Crippen LogP contribution in [-0.2, 0) is 5.75 Å². The molecule has 104 valence electrons. The predicted molar refractivity (Wildman–Crippen MR) is 84.8 cm³/mol. The van der Waals surface area contributed by atoms with Gasteiger partial charge in [0.2, 0.25) is 5.91 Å². The SMILES string of the molecule is Cc1ccc(C)c(SCc2ccc(C(N)=O)cc2N)c1. The number of amides is 1. The summed E-state index contributed by atoms with van der Waals surface area (Å²) in [4.78, 5) is 12.3. The first-order valence-electron chi connectivity index (χ1n) is 6.35. The molecule has 2 aromatic rings. The number of nitrogens with two attached hydrogens (primary N) is 2. The number of nitrogen functional groups attached to an aromatic ring is 1. The van der Waals surface area contributed by atoms with Gasteiger partial charge in [-0.25, -0.2) is 0 Å². The molecule has 0 heterocycles. The zero-order valence-corrected chi connectivity index (χ0v) is 12.5. The summed E-state index contributed by atoms with van der Waals surface area (Å²) in [6, 6.07) is 11.6. The summed E-state index contributed by atoms with van der Waals surface area (Å²) in [6.07, 6.45) is 0. The van der Waals surface area contributed by atoms with Crippen LogP contribution < -0.4 is 11.5 Å². The summed E-state index contributed by atoms with van der Waals surface area (Å²) >= 11 is 1.75. The number of rotatable bonds is 4. The lowest BCUT2D eigenvalue weighted by Crippen LogP contribution is -2.11. The van der Waals surface area contributed by atoms with Crippen LogP contribution in [0.5, 0.6) is 0 Å². The van der Waals surface area contributed by atoms with Gasteiger partial charge in [0.1, 0.15) is 0 Å². The van der Waals surface area contributed by atoms with E-state index in [4.69, 9.17) is 11.5 Å². The molecule has 0 saturated heterocycles. The Labute approximate surface area is 123 Å². The number of benzene rings is 2. The third-order valence-corrected chi connectivity index (χ3v) is 4.36. The number of anilines is 1. The Balaban J connectivity index is 2.15. The van der Waals surface area contributed by atoms with E-state index in [1.165, 1.54) is 16.0 Å². The second-order valence-corrected chi connectivity index (χ2v) is 5.85. The van der Waals surface area contributed by atoms with Crippen molar-refractivity contribution in [2.24, 2.45) is 5.73 Å². The van der Waals surface area contributed by atoms with Crippen LogP contribution in [0.4, 0.5) is 5.69 Å². The Morgan fingerprint density at radius 3 is 2.55 bits per heavy atom. The molecule has 1 amide bonds. The molecule has 0 aliphatic heterocycles. The minimum absolute atomic E-state index is 0.447. The highest BCUT2D eigenvalue weighted by molar-refractivity contribution is 7.98. The van der Waals surface area contributed by atoms with Crippen LogP contribution >= 0.6 is 11.8 Å². The van der Waals surface area contributed by atoms with Crippen molar-refractivity contribution in [3.8, 4) is 0 Å². The lowest BCUT2D eigenvalue weighted by molar-refractivity contribution is 0.100. The molecule has 0 atom stereocenters. The smallest absolute Gasteiger partial charge is 0.248 e. The van der Waals surface area contributed by atoms with E-state index in [9.17, 15) is 4.79 Å². The highest BCUT2D eigenvalue weighted by Gasteiger charge is 2.06. The maximum Gasteiger partial charge on any atom is 0.248 e. The fourth-order valence-corrected chi connectivity index (χ4v) is 3.04. The fraction of sp³-hybridized carbons (Fsp3) is 0.188. The van der Waals surface area contributed by atoms with Gasteiger partial charge in [0.25, 0.3) is 0 Å². The molecular weight excluding hydrogens is 268 g/mol. The van der Waals surface area contributed by atoms with E-state index in [2.05, 4.69) is 32.0 Å². The highest BCUT2D eigenvalue weighted by atomic mass is 32.2. The Morgan fingerprint density at radius 1 is 1.15 bits per heavy atom. The van der Waals surface area contributed by atoms with Crippen molar-refractivity contribution < 1.29 is 4.79 Å². The van der Waals surface area contributed by atoms with Gasteiger partial charge in [-0.05, 0) is 43.2 Å². The first kappa shape index (κ1) is 14.5. The van der Waals surface area contributed by atoms with E-state index in [0.717, 1.165) is 11.3 Å². The van der Waals surface area contributed by atoms with Gasteiger partial charge in [0.15, 0.2) is 0 Å². The Bertz CT molecular complexity index is 653. The number of primary amides is 1. The van der Waals surface area contributed by atoms with E-state index in [-0.39, 0.29) is 0 Å². The van der Waals surface area contributed by atoms with Gasteiger partial charge in [0, 0.05) is 21.9 Å². The standard InChI is InChI=1S/C16H18N2OS/c1-10-3-4-11(2)15(7-10)20-9-13-6-5-12(16(18)19)8-14(13)17/h3-8H,9,17H2,1-2H3,(H2,18,19). The molecule has 2 rings (SSSR count). The zero-order valence-electron chi connectivity index (χ0n) is 11.6. The lowest BCUT2D eigenvalue weighted by Gasteiger charge is -2.09. The van der Waals surface area contributed by atoms with E-state index in [1.807, 2.05) is 6.07 Å². The molecule has 0 unspecified atom stereocenters. The van der Waals surface area contributed by atoms with Crippen LogP contribution in [0, 0.1) is 13.8 Å². The molecule has 0 spiro atoms. The molecule has 3 nitrogen and oxygen atoms in total. The van der Waals surface area contributed by atoms with Crippen LogP contribution in [-0.4, -0.2) is 5.91 Å². The number of carbonyl (C=O) groups excluding carboxylic acids is 1. The second-order valence-electron chi connectivity index (χ2n) is 4.84. The second kappa shape index (κ2) is 6.01. The molecule has 20 heavy (non-hydrogen) atoms. The van der Waals surface area contributed by atoms with Gasteiger partial charge in [0.05, 0.1) is 0 Å². The molecule has 4 N–H and O–H groups in total. The summed E-state index contributed by atoms with van der Waals surface area (Å²) in [5, 5.41) is 0. The van der Waals surface area contributed by atoms with Crippen LogP contribution in [0.2, 0.25) is 0 Å². The quantitative estimate of drug-likeness (QED) is 0.669. The van der Waals surface area contributed by atoms with Crippen molar-refractivity contribution in [3.63, 3.8) is 0 Å². The van der Waals surface area contributed by atoms with Crippen molar-refractivity contribution >= 4 is 23.4 Å². The number of thioether (sulfide) groups is 1. The number of hydrogen-bond acceptors (Lipinski definition) is 3. The molecule has 0 bridgehead atoms. The minimum atomic E-state index is -0.453. The number of carbonyl (C=O) groups is 1. The Morgan fingerprint density at radius 2 is 1.90 bits per heavy atom. The average Bonchev–Trinajstić information content (AvgIpc) is 2.40. The molecule has 0 radical (unpaired) electrons.